The molecule has 0 atom stereocenters. The average molecular weight is 394 g/mol. The van der Waals surface area contributed by atoms with Crippen LogP contribution in [0.4, 0.5) is 0 Å². The van der Waals surface area contributed by atoms with Gasteiger partial charge in [-0.25, -0.2) is 4.98 Å². The van der Waals surface area contributed by atoms with Crippen molar-refractivity contribution < 1.29 is 0 Å². The summed E-state index contributed by atoms with van der Waals surface area (Å²) in [6.45, 7) is 0. The molecule has 7 heteroatoms. The van der Waals surface area contributed by atoms with Crippen LogP contribution in [0.25, 0.3) is 55.7 Å². The van der Waals surface area contributed by atoms with Crippen molar-refractivity contribution >= 4 is 33.3 Å². The van der Waals surface area contributed by atoms with Crippen molar-refractivity contribution in [3.8, 4) is 33.8 Å². The number of aromatic nitrogens is 6. The number of pyridine rings is 3. The Morgan fingerprint density at radius 2 is 1.86 bits per heavy atom. The van der Waals surface area contributed by atoms with Gasteiger partial charge in [-0.05, 0) is 35.7 Å². The summed E-state index contributed by atoms with van der Waals surface area (Å²) in [7, 11) is 0. The quantitative estimate of drug-likeness (QED) is 0.427. The topological polar surface area (TPSA) is 83.1 Å². The van der Waals surface area contributed by atoms with Gasteiger partial charge in [0.05, 0.1) is 17.1 Å². The molecule has 0 aliphatic rings. The van der Waals surface area contributed by atoms with Crippen LogP contribution in [0.5, 0.6) is 0 Å². The van der Waals surface area contributed by atoms with Gasteiger partial charge < -0.3 is 4.98 Å². The molecule has 6 aromatic rings. The summed E-state index contributed by atoms with van der Waals surface area (Å²) in [5.74, 6) is 0. The number of thiophene rings is 1. The molecule has 29 heavy (non-hydrogen) atoms. The zero-order chi connectivity index (χ0) is 19.2. The fraction of sp³-hybridized carbons (Fsp3) is 0. The molecule has 0 aliphatic carbocycles. The Bertz CT molecular complexity index is 1450. The molecule has 0 aromatic carbocycles. The largest absolute Gasteiger partial charge is 0.353 e. The summed E-state index contributed by atoms with van der Waals surface area (Å²) < 4.78 is 0. The van der Waals surface area contributed by atoms with Crippen molar-refractivity contribution in [3.05, 3.63) is 71.9 Å². The van der Waals surface area contributed by atoms with E-state index in [1.165, 1.54) is 0 Å². The molecule has 0 saturated carbocycles. The molecular formula is C22H14N6S. The van der Waals surface area contributed by atoms with Gasteiger partial charge in [0.2, 0.25) is 0 Å². The molecule has 6 rings (SSSR count). The molecule has 0 fully saturated rings. The maximum atomic E-state index is 4.60. The van der Waals surface area contributed by atoms with Gasteiger partial charge in [-0.2, -0.15) is 16.4 Å². The second-order valence-electron chi connectivity index (χ2n) is 6.75. The summed E-state index contributed by atoms with van der Waals surface area (Å²) >= 11 is 1.67. The summed E-state index contributed by atoms with van der Waals surface area (Å²) in [5, 5.41) is 13.8. The second-order valence-corrected chi connectivity index (χ2v) is 7.53. The van der Waals surface area contributed by atoms with Crippen LogP contribution >= 0.6 is 11.3 Å². The lowest BCUT2D eigenvalue weighted by atomic mass is 10.1. The minimum Gasteiger partial charge on any atom is -0.353 e. The summed E-state index contributed by atoms with van der Waals surface area (Å²) in [5.41, 5.74) is 7.71. The first-order chi connectivity index (χ1) is 14.4. The number of nitrogens with zero attached hydrogens (tertiary/aromatic N) is 4. The van der Waals surface area contributed by atoms with E-state index in [0.717, 1.165) is 50.1 Å². The van der Waals surface area contributed by atoms with Crippen molar-refractivity contribution in [1.29, 1.82) is 0 Å². The average Bonchev–Trinajstić information content (AvgIpc) is 3.52. The Morgan fingerprint density at radius 1 is 0.862 bits per heavy atom. The van der Waals surface area contributed by atoms with Crippen LogP contribution in [0.1, 0.15) is 0 Å². The number of H-pyrrole nitrogens is 2. The minimum atomic E-state index is 0.683. The standard InChI is InChI=1S/C22H14N6S/c1-2-13(10-23-5-1)15-8-17-21(27-28-22(17)25-11-15)19-9-16-18(26-19)3-6-24-20(16)14-4-7-29-12-14/h1-12,26H,(H,25,27,28). The summed E-state index contributed by atoms with van der Waals surface area (Å²) in [6.07, 6.45) is 7.27. The minimum absolute atomic E-state index is 0.683. The van der Waals surface area contributed by atoms with Crippen molar-refractivity contribution in [2.24, 2.45) is 0 Å². The smallest absolute Gasteiger partial charge is 0.181 e. The zero-order valence-electron chi connectivity index (χ0n) is 15.1. The van der Waals surface area contributed by atoms with Gasteiger partial charge in [0, 0.05) is 63.1 Å². The number of fused-ring (bicyclic) bond motifs is 2. The molecule has 138 valence electrons. The lowest BCUT2D eigenvalue weighted by molar-refractivity contribution is 1.10. The fourth-order valence-electron chi connectivity index (χ4n) is 3.61. The van der Waals surface area contributed by atoms with Gasteiger partial charge >= 0.3 is 0 Å². The number of rotatable bonds is 3. The molecule has 6 nitrogen and oxygen atoms in total. The van der Waals surface area contributed by atoms with Gasteiger partial charge in [-0.1, -0.05) is 6.07 Å². The Morgan fingerprint density at radius 3 is 2.72 bits per heavy atom. The Labute approximate surface area is 169 Å². The van der Waals surface area contributed by atoms with Gasteiger partial charge in [0.1, 0.15) is 0 Å². The van der Waals surface area contributed by atoms with E-state index in [9.17, 15) is 0 Å². The lowest BCUT2D eigenvalue weighted by Crippen LogP contribution is -1.83. The molecule has 0 aliphatic heterocycles. The van der Waals surface area contributed by atoms with Gasteiger partial charge in [0.25, 0.3) is 0 Å². The predicted octanol–water partition coefficient (Wildman–Crippen LogP) is 5.29. The lowest BCUT2D eigenvalue weighted by Gasteiger charge is -2.01. The highest BCUT2D eigenvalue weighted by atomic mass is 32.1. The third-order valence-electron chi connectivity index (χ3n) is 5.02. The summed E-state index contributed by atoms with van der Waals surface area (Å²) in [4.78, 5) is 16.8. The monoisotopic (exact) mass is 394 g/mol. The Kier molecular flexibility index (Phi) is 3.54. The first kappa shape index (κ1) is 16.1. The first-order valence-electron chi connectivity index (χ1n) is 9.12. The summed E-state index contributed by atoms with van der Waals surface area (Å²) in [6, 6.07) is 12.3. The molecule has 2 N–H and O–H groups in total. The van der Waals surface area contributed by atoms with Crippen LogP contribution in [-0.4, -0.2) is 30.1 Å². The molecule has 0 saturated heterocycles. The van der Waals surface area contributed by atoms with Crippen LogP contribution < -0.4 is 0 Å². The molecule has 6 aromatic heterocycles. The maximum absolute atomic E-state index is 4.60. The van der Waals surface area contributed by atoms with Crippen molar-refractivity contribution in [2.45, 2.75) is 0 Å². The van der Waals surface area contributed by atoms with Crippen LogP contribution in [0.3, 0.4) is 0 Å². The van der Waals surface area contributed by atoms with E-state index in [0.29, 0.717) is 5.65 Å². The molecule has 0 radical (unpaired) electrons. The van der Waals surface area contributed by atoms with E-state index in [1.807, 2.05) is 36.8 Å². The fourth-order valence-corrected chi connectivity index (χ4v) is 4.25. The number of hydrogen-bond acceptors (Lipinski definition) is 5. The molecule has 0 bridgehead atoms. The number of hydrogen-bond donors (Lipinski definition) is 2. The Hall–Kier alpha value is -3.84. The molecule has 0 unspecified atom stereocenters. The zero-order valence-corrected chi connectivity index (χ0v) is 15.9. The van der Waals surface area contributed by atoms with Crippen LogP contribution in [0, 0.1) is 0 Å². The SMILES string of the molecule is c1cncc(-c2cnc3n[nH]c(-c4cc5c(-c6ccsc6)nccc5[nH]4)c3c2)c1. The van der Waals surface area contributed by atoms with E-state index in [1.54, 1.807) is 17.5 Å². The first-order valence-corrected chi connectivity index (χ1v) is 10.1. The number of nitrogens with one attached hydrogen (secondary N) is 2. The maximum Gasteiger partial charge on any atom is 0.181 e. The molecule has 0 amide bonds. The molecule has 0 spiro atoms. The Balaban J connectivity index is 1.53. The highest BCUT2D eigenvalue weighted by Gasteiger charge is 2.15. The van der Waals surface area contributed by atoms with Gasteiger partial charge in [-0.3, -0.25) is 15.1 Å². The van der Waals surface area contributed by atoms with Crippen LogP contribution in [0.15, 0.2) is 71.9 Å². The van der Waals surface area contributed by atoms with E-state index >= 15 is 0 Å². The third-order valence-corrected chi connectivity index (χ3v) is 5.70. The van der Waals surface area contributed by atoms with Crippen LogP contribution in [-0.2, 0) is 0 Å². The van der Waals surface area contributed by atoms with E-state index in [2.05, 4.69) is 59.1 Å². The van der Waals surface area contributed by atoms with Crippen LogP contribution in [0.2, 0.25) is 0 Å². The third kappa shape index (κ3) is 2.63. The predicted molar refractivity (Wildman–Crippen MR) is 116 cm³/mol. The van der Waals surface area contributed by atoms with Crippen molar-refractivity contribution in [2.75, 3.05) is 0 Å². The highest BCUT2D eigenvalue weighted by Crippen LogP contribution is 2.34. The highest BCUT2D eigenvalue weighted by molar-refractivity contribution is 7.08. The van der Waals surface area contributed by atoms with Gasteiger partial charge in [-0.15, -0.1) is 0 Å². The molecule has 6 heterocycles. The van der Waals surface area contributed by atoms with E-state index < -0.39 is 0 Å². The number of aromatic amines is 2. The van der Waals surface area contributed by atoms with Gasteiger partial charge in [0.15, 0.2) is 5.65 Å². The second kappa shape index (κ2) is 6.35. The van der Waals surface area contributed by atoms with E-state index in [4.69, 9.17) is 0 Å². The molecular weight excluding hydrogens is 380 g/mol. The van der Waals surface area contributed by atoms with E-state index in [-0.39, 0.29) is 0 Å². The normalized spacial score (nSPS) is 11.4. The van der Waals surface area contributed by atoms with Crippen molar-refractivity contribution in [1.82, 2.24) is 30.1 Å². The van der Waals surface area contributed by atoms with Crippen molar-refractivity contribution in [3.63, 3.8) is 0 Å².